The second-order valence-electron chi connectivity index (χ2n) is 15.4. The summed E-state index contributed by atoms with van der Waals surface area (Å²) in [7, 11) is 0. The largest absolute Gasteiger partial charge is 0.462 e. The van der Waals surface area contributed by atoms with Crippen molar-refractivity contribution in [1.29, 1.82) is 0 Å². The highest BCUT2D eigenvalue weighted by Crippen LogP contribution is 2.15. The van der Waals surface area contributed by atoms with Crippen molar-refractivity contribution in [3.05, 3.63) is 72.9 Å². The van der Waals surface area contributed by atoms with E-state index in [2.05, 4.69) is 45.1 Å². The average molecular weight is 795 g/mol. The Labute approximate surface area is 351 Å². The lowest BCUT2D eigenvalue weighted by Crippen LogP contribution is -2.30. The predicted octanol–water partition coefficient (Wildman–Crippen LogP) is 15.1. The zero-order valence-corrected chi connectivity index (χ0v) is 37.1. The lowest BCUT2D eigenvalue weighted by molar-refractivity contribution is -0.167. The first-order valence-electron chi connectivity index (χ1n) is 23.5. The Hall–Kier alpha value is -3.15. The molecular weight excluding hydrogens is 709 g/mol. The molecule has 0 N–H and O–H groups in total. The van der Waals surface area contributed by atoms with E-state index in [9.17, 15) is 14.4 Å². The van der Waals surface area contributed by atoms with Crippen LogP contribution in [-0.4, -0.2) is 37.2 Å². The fraction of sp³-hybridized carbons (Fsp3) is 0.706. The summed E-state index contributed by atoms with van der Waals surface area (Å²) < 4.78 is 16.7. The van der Waals surface area contributed by atoms with Crippen molar-refractivity contribution in [3.8, 4) is 0 Å². The molecule has 0 aliphatic rings. The molecule has 0 saturated heterocycles. The molecular formula is C51H86O6. The Kier molecular flexibility index (Phi) is 43.0. The SMILES string of the molecule is CC\C=C/C=C\C=C/C=C\C=C/CCCCCC(=O)OCC(COC(=O)CCCCCC/C=C\CCCC)OC(=O)CCCCCCCCCCCCCCCC. The lowest BCUT2D eigenvalue weighted by Gasteiger charge is -2.18. The monoisotopic (exact) mass is 795 g/mol. The zero-order valence-electron chi connectivity index (χ0n) is 37.1. The predicted molar refractivity (Wildman–Crippen MR) is 242 cm³/mol. The van der Waals surface area contributed by atoms with Gasteiger partial charge in [-0.25, -0.2) is 0 Å². The van der Waals surface area contributed by atoms with Crippen molar-refractivity contribution in [3.63, 3.8) is 0 Å². The Balaban J connectivity index is 4.46. The summed E-state index contributed by atoms with van der Waals surface area (Å²) >= 11 is 0. The van der Waals surface area contributed by atoms with E-state index in [4.69, 9.17) is 14.2 Å². The van der Waals surface area contributed by atoms with Crippen molar-refractivity contribution in [2.45, 2.75) is 219 Å². The molecule has 1 atom stereocenters. The van der Waals surface area contributed by atoms with Gasteiger partial charge in [-0.15, -0.1) is 0 Å². The van der Waals surface area contributed by atoms with Gasteiger partial charge in [0.05, 0.1) is 0 Å². The van der Waals surface area contributed by atoms with Crippen molar-refractivity contribution in [2.75, 3.05) is 13.2 Å². The summed E-state index contributed by atoms with van der Waals surface area (Å²) in [5, 5.41) is 0. The molecule has 0 aromatic rings. The summed E-state index contributed by atoms with van der Waals surface area (Å²) in [6, 6.07) is 0. The van der Waals surface area contributed by atoms with Crippen molar-refractivity contribution in [2.24, 2.45) is 0 Å². The van der Waals surface area contributed by atoms with Crippen LogP contribution < -0.4 is 0 Å². The van der Waals surface area contributed by atoms with Gasteiger partial charge in [-0.05, 0) is 57.8 Å². The van der Waals surface area contributed by atoms with Gasteiger partial charge in [0.1, 0.15) is 13.2 Å². The van der Waals surface area contributed by atoms with Gasteiger partial charge in [-0.3, -0.25) is 14.4 Å². The van der Waals surface area contributed by atoms with Crippen LogP contribution in [0.3, 0.4) is 0 Å². The van der Waals surface area contributed by atoms with Crippen molar-refractivity contribution in [1.82, 2.24) is 0 Å². The van der Waals surface area contributed by atoms with Gasteiger partial charge in [0.2, 0.25) is 0 Å². The van der Waals surface area contributed by atoms with E-state index >= 15 is 0 Å². The first-order valence-corrected chi connectivity index (χ1v) is 23.5. The summed E-state index contributed by atoms with van der Waals surface area (Å²) in [5.74, 6) is -0.952. The number of allylic oxidation sites excluding steroid dienone is 12. The maximum atomic E-state index is 12.7. The maximum Gasteiger partial charge on any atom is 0.306 e. The Morgan fingerprint density at radius 3 is 1.19 bits per heavy atom. The smallest absolute Gasteiger partial charge is 0.306 e. The summed E-state index contributed by atoms with van der Waals surface area (Å²) in [4.78, 5) is 37.8. The van der Waals surface area contributed by atoms with Crippen LogP contribution >= 0.6 is 0 Å². The highest BCUT2D eigenvalue weighted by Gasteiger charge is 2.19. The molecule has 0 spiro atoms. The van der Waals surface area contributed by atoms with Crippen LogP contribution in [0.25, 0.3) is 0 Å². The second-order valence-corrected chi connectivity index (χ2v) is 15.4. The molecule has 326 valence electrons. The van der Waals surface area contributed by atoms with Crippen LogP contribution in [0, 0.1) is 0 Å². The number of ether oxygens (including phenoxy) is 3. The minimum absolute atomic E-state index is 0.0945. The number of hydrogen-bond donors (Lipinski definition) is 0. The highest BCUT2D eigenvalue weighted by atomic mass is 16.6. The van der Waals surface area contributed by atoms with Crippen LogP contribution in [0.2, 0.25) is 0 Å². The standard InChI is InChI=1S/C51H86O6/c1-4-7-10-13-16-19-22-24-26-28-29-32-35-38-41-44-50(53)56-47-48(46-55-49(52)43-40-37-34-31-21-18-15-12-9-6-3)57-51(54)45-42-39-36-33-30-27-25-23-20-17-14-11-8-5-2/h7,10,13,15-16,18-19,22,24,26,28-29,48H,4-6,8-9,11-12,14,17,20-21,23,25,27,30-47H2,1-3H3/b10-7-,16-13-,18-15-,22-19-,26-24-,29-28-. The summed E-state index contributed by atoms with van der Waals surface area (Å²) in [6.07, 6.45) is 56.0. The summed E-state index contributed by atoms with van der Waals surface area (Å²) in [5.41, 5.74) is 0. The number of esters is 3. The van der Waals surface area contributed by atoms with Crippen LogP contribution in [0.4, 0.5) is 0 Å². The van der Waals surface area contributed by atoms with Crippen LogP contribution in [0.1, 0.15) is 213 Å². The Bertz CT molecular complexity index is 1100. The zero-order chi connectivity index (χ0) is 41.5. The third kappa shape index (κ3) is 43.8. The Morgan fingerprint density at radius 1 is 0.368 bits per heavy atom. The lowest BCUT2D eigenvalue weighted by atomic mass is 10.0. The molecule has 0 radical (unpaired) electrons. The fourth-order valence-electron chi connectivity index (χ4n) is 6.27. The molecule has 57 heavy (non-hydrogen) atoms. The average Bonchev–Trinajstić information content (AvgIpc) is 3.21. The first kappa shape index (κ1) is 53.9. The number of carbonyl (C=O) groups excluding carboxylic acids is 3. The quantitative estimate of drug-likeness (QED) is 0.0202. The maximum absolute atomic E-state index is 12.7. The highest BCUT2D eigenvalue weighted by molar-refractivity contribution is 5.71. The molecule has 0 aliphatic carbocycles. The second kappa shape index (κ2) is 45.6. The molecule has 0 aromatic heterocycles. The molecule has 0 aliphatic heterocycles. The van der Waals surface area contributed by atoms with E-state index in [0.29, 0.717) is 19.3 Å². The first-order chi connectivity index (χ1) is 28.0. The molecule has 6 nitrogen and oxygen atoms in total. The third-order valence-electron chi connectivity index (χ3n) is 9.82. The minimum Gasteiger partial charge on any atom is -0.462 e. The molecule has 0 bridgehead atoms. The van der Waals surface area contributed by atoms with Gasteiger partial charge in [-0.1, -0.05) is 209 Å². The molecule has 0 heterocycles. The molecule has 0 fully saturated rings. The fourth-order valence-corrected chi connectivity index (χ4v) is 6.27. The van der Waals surface area contributed by atoms with E-state index in [1.165, 1.54) is 83.5 Å². The van der Waals surface area contributed by atoms with Crippen molar-refractivity contribution < 1.29 is 28.6 Å². The van der Waals surface area contributed by atoms with Crippen LogP contribution in [-0.2, 0) is 28.6 Å². The molecule has 0 amide bonds. The van der Waals surface area contributed by atoms with Gasteiger partial charge in [0, 0.05) is 19.3 Å². The Morgan fingerprint density at radius 2 is 0.719 bits per heavy atom. The summed E-state index contributed by atoms with van der Waals surface area (Å²) in [6.45, 7) is 6.39. The topological polar surface area (TPSA) is 78.9 Å². The molecule has 0 rings (SSSR count). The van der Waals surface area contributed by atoms with E-state index in [1.54, 1.807) is 0 Å². The van der Waals surface area contributed by atoms with Crippen LogP contribution in [0.15, 0.2) is 72.9 Å². The number of hydrogen-bond acceptors (Lipinski definition) is 6. The normalized spacial score (nSPS) is 12.7. The van der Waals surface area contributed by atoms with Gasteiger partial charge in [-0.2, -0.15) is 0 Å². The van der Waals surface area contributed by atoms with Gasteiger partial charge in [0.15, 0.2) is 6.10 Å². The third-order valence-corrected chi connectivity index (χ3v) is 9.82. The molecule has 0 aromatic carbocycles. The van der Waals surface area contributed by atoms with Gasteiger partial charge < -0.3 is 14.2 Å². The van der Waals surface area contributed by atoms with Gasteiger partial charge >= 0.3 is 17.9 Å². The number of unbranched alkanes of at least 4 members (excludes halogenated alkanes) is 22. The minimum atomic E-state index is -0.793. The molecule has 0 saturated carbocycles. The van der Waals surface area contributed by atoms with E-state index in [0.717, 1.165) is 89.9 Å². The number of rotatable bonds is 41. The van der Waals surface area contributed by atoms with Crippen LogP contribution in [0.5, 0.6) is 0 Å². The van der Waals surface area contributed by atoms with E-state index < -0.39 is 6.10 Å². The van der Waals surface area contributed by atoms with Crippen molar-refractivity contribution >= 4 is 17.9 Å². The van der Waals surface area contributed by atoms with Gasteiger partial charge in [0.25, 0.3) is 0 Å². The molecule has 6 heteroatoms. The number of carbonyl (C=O) groups is 3. The van der Waals surface area contributed by atoms with E-state index in [1.807, 2.05) is 48.6 Å². The molecule has 1 unspecified atom stereocenters. The van der Waals surface area contributed by atoms with E-state index in [-0.39, 0.29) is 31.1 Å².